The van der Waals surface area contributed by atoms with Gasteiger partial charge in [0.1, 0.15) is 5.00 Å². The van der Waals surface area contributed by atoms with Crippen LogP contribution in [-0.2, 0) is 0 Å². The highest BCUT2D eigenvalue weighted by Crippen LogP contribution is 2.34. The van der Waals surface area contributed by atoms with E-state index >= 15 is 0 Å². The van der Waals surface area contributed by atoms with Crippen molar-refractivity contribution in [2.24, 2.45) is 0 Å². The lowest BCUT2D eigenvalue weighted by atomic mass is 9.89. The van der Waals surface area contributed by atoms with Crippen molar-refractivity contribution in [3.05, 3.63) is 5.69 Å². The van der Waals surface area contributed by atoms with Crippen molar-refractivity contribution in [2.75, 3.05) is 36.4 Å². The van der Waals surface area contributed by atoms with Crippen LogP contribution in [0.4, 0.5) is 14.9 Å². The third kappa shape index (κ3) is 4.62. The molecular formula is C21H35N5OS. The molecular weight excluding hydrogens is 370 g/mol. The Balaban J connectivity index is 1.47. The summed E-state index contributed by atoms with van der Waals surface area (Å²) in [5.74, 6) is 0. The van der Waals surface area contributed by atoms with Gasteiger partial charge in [0.05, 0.1) is 5.69 Å². The largest absolute Gasteiger partial charge is 0.359 e. The Morgan fingerprint density at radius 2 is 1.61 bits per heavy atom. The molecule has 1 aromatic heterocycles. The number of piperazine rings is 1. The standard InChI is InChI=1S/C21H35N5OS/c1-16-19(25-14-12-22-13-15-25)28-20(23-16)24-21(27)26(17-8-4-2-5-9-17)18-10-6-3-7-11-18/h17-18,22H,2-15H2,1H3,(H,23,24,27). The second-order valence-electron chi connectivity index (χ2n) is 8.57. The maximum absolute atomic E-state index is 13.4. The van der Waals surface area contributed by atoms with Gasteiger partial charge in [-0.05, 0) is 32.6 Å². The molecule has 0 atom stereocenters. The predicted molar refractivity (Wildman–Crippen MR) is 117 cm³/mol. The molecule has 2 amide bonds. The number of rotatable bonds is 4. The number of hydrogen-bond acceptors (Lipinski definition) is 5. The maximum Gasteiger partial charge on any atom is 0.324 e. The number of nitrogens with zero attached hydrogens (tertiary/aromatic N) is 3. The lowest BCUT2D eigenvalue weighted by Gasteiger charge is -2.41. The fourth-order valence-corrected chi connectivity index (χ4v) is 6.12. The van der Waals surface area contributed by atoms with Crippen LogP contribution in [0, 0.1) is 6.92 Å². The highest BCUT2D eigenvalue weighted by molar-refractivity contribution is 7.19. The van der Waals surface area contributed by atoms with E-state index in [1.165, 1.54) is 43.5 Å². The van der Waals surface area contributed by atoms with Gasteiger partial charge in [-0.15, -0.1) is 0 Å². The minimum absolute atomic E-state index is 0.0828. The molecule has 3 aliphatic rings. The number of carbonyl (C=O) groups excluding carboxylic acids is 1. The van der Waals surface area contributed by atoms with Crippen molar-refractivity contribution >= 4 is 27.5 Å². The van der Waals surface area contributed by atoms with E-state index in [9.17, 15) is 4.79 Å². The molecule has 1 aliphatic heterocycles. The molecule has 7 heteroatoms. The zero-order chi connectivity index (χ0) is 19.3. The summed E-state index contributed by atoms with van der Waals surface area (Å²) < 4.78 is 0. The Bertz CT molecular complexity index is 627. The van der Waals surface area contributed by atoms with Crippen LogP contribution in [0.3, 0.4) is 0 Å². The van der Waals surface area contributed by atoms with Gasteiger partial charge in [0.25, 0.3) is 0 Å². The van der Waals surface area contributed by atoms with Crippen LogP contribution in [0.5, 0.6) is 0 Å². The molecule has 0 spiro atoms. The number of nitrogens with one attached hydrogen (secondary N) is 2. The lowest BCUT2D eigenvalue weighted by Crippen LogP contribution is -2.50. The van der Waals surface area contributed by atoms with Crippen molar-refractivity contribution in [3.8, 4) is 0 Å². The third-order valence-corrected chi connectivity index (χ3v) is 7.69. The van der Waals surface area contributed by atoms with Crippen molar-refractivity contribution in [1.29, 1.82) is 0 Å². The van der Waals surface area contributed by atoms with Gasteiger partial charge in [0, 0.05) is 38.3 Å². The summed E-state index contributed by atoms with van der Waals surface area (Å²) in [5, 5.41) is 8.55. The molecule has 3 fully saturated rings. The van der Waals surface area contributed by atoms with E-state index in [1.807, 2.05) is 0 Å². The number of urea groups is 1. The summed E-state index contributed by atoms with van der Waals surface area (Å²) in [7, 11) is 0. The summed E-state index contributed by atoms with van der Waals surface area (Å²) >= 11 is 1.63. The minimum Gasteiger partial charge on any atom is -0.359 e. The zero-order valence-corrected chi connectivity index (χ0v) is 18.0. The molecule has 156 valence electrons. The summed E-state index contributed by atoms with van der Waals surface area (Å²) in [6.07, 6.45) is 12.3. The fourth-order valence-electron chi connectivity index (χ4n) is 5.11. The van der Waals surface area contributed by atoms with E-state index in [-0.39, 0.29) is 6.03 Å². The molecule has 1 saturated heterocycles. The molecule has 2 N–H and O–H groups in total. The fraction of sp³-hybridized carbons (Fsp3) is 0.810. The Hall–Kier alpha value is -1.34. The second kappa shape index (κ2) is 9.44. The second-order valence-corrected chi connectivity index (χ2v) is 9.55. The summed E-state index contributed by atoms with van der Waals surface area (Å²) in [6, 6.07) is 0.899. The highest BCUT2D eigenvalue weighted by Gasteiger charge is 2.33. The first-order valence-electron chi connectivity index (χ1n) is 11.2. The predicted octanol–water partition coefficient (Wildman–Crippen LogP) is 4.36. The van der Waals surface area contributed by atoms with E-state index in [2.05, 4.69) is 27.4 Å². The van der Waals surface area contributed by atoms with Crippen molar-refractivity contribution < 1.29 is 4.79 Å². The first-order valence-corrected chi connectivity index (χ1v) is 12.1. The van der Waals surface area contributed by atoms with Gasteiger partial charge in [-0.2, -0.15) is 0 Å². The van der Waals surface area contributed by atoms with Crippen molar-refractivity contribution in [2.45, 2.75) is 83.2 Å². The van der Waals surface area contributed by atoms with E-state index in [4.69, 9.17) is 4.98 Å². The summed E-state index contributed by atoms with van der Waals surface area (Å²) in [6.45, 7) is 6.09. The first-order chi connectivity index (χ1) is 13.7. The SMILES string of the molecule is Cc1nc(NC(=O)N(C2CCCCC2)C2CCCCC2)sc1N1CCNCC1. The van der Waals surface area contributed by atoms with Gasteiger partial charge in [-0.25, -0.2) is 9.78 Å². The zero-order valence-electron chi connectivity index (χ0n) is 17.2. The van der Waals surface area contributed by atoms with Crippen LogP contribution in [0.1, 0.15) is 69.9 Å². The van der Waals surface area contributed by atoms with Crippen LogP contribution in [0.2, 0.25) is 0 Å². The summed E-state index contributed by atoms with van der Waals surface area (Å²) in [4.78, 5) is 22.7. The Kier molecular flexibility index (Phi) is 6.73. The van der Waals surface area contributed by atoms with Crippen LogP contribution in [-0.4, -0.2) is 54.2 Å². The van der Waals surface area contributed by atoms with Gasteiger partial charge in [0.2, 0.25) is 0 Å². The molecule has 0 bridgehead atoms. The van der Waals surface area contributed by atoms with Crippen molar-refractivity contribution in [1.82, 2.24) is 15.2 Å². The monoisotopic (exact) mass is 405 g/mol. The Morgan fingerprint density at radius 1 is 1.04 bits per heavy atom. The average molecular weight is 406 g/mol. The topological polar surface area (TPSA) is 60.5 Å². The molecule has 0 aromatic carbocycles. The number of anilines is 2. The number of amides is 2. The molecule has 2 aliphatic carbocycles. The minimum atomic E-state index is 0.0828. The van der Waals surface area contributed by atoms with Crippen LogP contribution < -0.4 is 15.5 Å². The van der Waals surface area contributed by atoms with Gasteiger partial charge in [-0.1, -0.05) is 49.9 Å². The van der Waals surface area contributed by atoms with Crippen LogP contribution >= 0.6 is 11.3 Å². The average Bonchev–Trinajstić information content (AvgIpc) is 3.10. The third-order valence-electron chi connectivity index (χ3n) is 6.56. The van der Waals surface area contributed by atoms with E-state index in [0.717, 1.165) is 62.7 Å². The van der Waals surface area contributed by atoms with E-state index in [1.54, 1.807) is 11.3 Å². The number of thiazole rings is 1. The number of aromatic nitrogens is 1. The van der Waals surface area contributed by atoms with Gasteiger partial charge >= 0.3 is 6.03 Å². The molecule has 2 saturated carbocycles. The van der Waals surface area contributed by atoms with Gasteiger partial charge < -0.3 is 15.1 Å². The Morgan fingerprint density at radius 3 is 2.18 bits per heavy atom. The molecule has 2 heterocycles. The molecule has 4 rings (SSSR count). The van der Waals surface area contributed by atoms with E-state index < -0.39 is 0 Å². The summed E-state index contributed by atoms with van der Waals surface area (Å²) in [5.41, 5.74) is 1.03. The van der Waals surface area contributed by atoms with E-state index in [0.29, 0.717) is 12.1 Å². The van der Waals surface area contributed by atoms with Gasteiger partial charge in [-0.3, -0.25) is 5.32 Å². The van der Waals surface area contributed by atoms with Crippen molar-refractivity contribution in [3.63, 3.8) is 0 Å². The molecule has 0 radical (unpaired) electrons. The van der Waals surface area contributed by atoms with Crippen LogP contribution in [0.15, 0.2) is 0 Å². The highest BCUT2D eigenvalue weighted by atomic mass is 32.1. The normalized spacial score (nSPS) is 22.2. The smallest absolute Gasteiger partial charge is 0.324 e. The quantitative estimate of drug-likeness (QED) is 0.781. The Labute approximate surface area is 173 Å². The number of hydrogen-bond donors (Lipinski definition) is 2. The molecule has 0 unspecified atom stereocenters. The number of aryl methyl sites for hydroxylation is 1. The molecule has 6 nitrogen and oxygen atoms in total. The lowest BCUT2D eigenvalue weighted by molar-refractivity contribution is 0.114. The maximum atomic E-state index is 13.4. The first kappa shape index (κ1) is 20.0. The van der Waals surface area contributed by atoms with Gasteiger partial charge in [0.15, 0.2) is 5.13 Å². The molecule has 28 heavy (non-hydrogen) atoms. The number of carbonyl (C=O) groups is 1. The van der Waals surface area contributed by atoms with Crippen LogP contribution in [0.25, 0.3) is 0 Å². The molecule has 1 aromatic rings.